The number of aromatic nitrogens is 1. The SMILES string of the molecule is OC(c1scnc1Br)C1CCOCC1. The van der Waals surface area contributed by atoms with Gasteiger partial charge < -0.3 is 9.84 Å². The zero-order chi connectivity index (χ0) is 9.97. The fourth-order valence-electron chi connectivity index (χ4n) is 1.68. The van der Waals surface area contributed by atoms with Gasteiger partial charge in [0.05, 0.1) is 16.5 Å². The second-order valence-corrected chi connectivity index (χ2v) is 5.04. The normalized spacial score (nSPS) is 21.0. The van der Waals surface area contributed by atoms with Crippen molar-refractivity contribution in [2.75, 3.05) is 13.2 Å². The predicted molar refractivity (Wildman–Crippen MR) is 58.3 cm³/mol. The van der Waals surface area contributed by atoms with Crippen molar-refractivity contribution in [2.24, 2.45) is 5.92 Å². The molecule has 1 N–H and O–H groups in total. The van der Waals surface area contributed by atoms with Gasteiger partial charge in [-0.2, -0.15) is 0 Å². The van der Waals surface area contributed by atoms with E-state index in [1.165, 1.54) is 11.3 Å². The van der Waals surface area contributed by atoms with Crippen LogP contribution in [0.5, 0.6) is 0 Å². The maximum atomic E-state index is 10.1. The fourth-order valence-corrected chi connectivity index (χ4v) is 3.19. The molecule has 2 rings (SSSR count). The minimum atomic E-state index is -0.388. The van der Waals surface area contributed by atoms with Gasteiger partial charge in [0.15, 0.2) is 0 Å². The summed E-state index contributed by atoms with van der Waals surface area (Å²) in [7, 11) is 0. The zero-order valence-corrected chi connectivity index (χ0v) is 10.1. The largest absolute Gasteiger partial charge is 0.387 e. The number of aliphatic hydroxyl groups is 1. The molecule has 0 aromatic carbocycles. The smallest absolute Gasteiger partial charge is 0.122 e. The summed E-state index contributed by atoms with van der Waals surface area (Å²) in [6.07, 6.45) is 1.48. The summed E-state index contributed by atoms with van der Waals surface area (Å²) >= 11 is 4.84. The Morgan fingerprint density at radius 3 is 2.86 bits per heavy atom. The standard InChI is InChI=1S/C9H12BrNO2S/c10-9-8(14-5-11-9)7(12)6-1-3-13-4-2-6/h5-7,12H,1-4H2. The lowest BCUT2D eigenvalue weighted by atomic mass is 9.93. The van der Waals surface area contributed by atoms with Gasteiger partial charge in [-0.1, -0.05) is 0 Å². The first kappa shape index (κ1) is 10.5. The van der Waals surface area contributed by atoms with Crippen molar-refractivity contribution in [3.05, 3.63) is 15.0 Å². The molecule has 3 nitrogen and oxygen atoms in total. The molecular weight excluding hydrogens is 266 g/mol. The first-order chi connectivity index (χ1) is 6.79. The van der Waals surface area contributed by atoms with Crippen molar-refractivity contribution >= 4 is 27.3 Å². The van der Waals surface area contributed by atoms with Gasteiger partial charge in [0.25, 0.3) is 0 Å². The molecule has 0 spiro atoms. The Bertz CT molecular complexity index is 299. The molecule has 1 unspecified atom stereocenters. The third-order valence-corrected chi connectivity index (χ3v) is 4.32. The summed E-state index contributed by atoms with van der Waals surface area (Å²) < 4.78 is 6.04. The number of aliphatic hydroxyl groups excluding tert-OH is 1. The van der Waals surface area contributed by atoms with E-state index in [4.69, 9.17) is 4.74 Å². The number of ether oxygens (including phenoxy) is 1. The van der Waals surface area contributed by atoms with Crippen LogP contribution < -0.4 is 0 Å². The van der Waals surface area contributed by atoms with Crippen molar-refractivity contribution in [3.63, 3.8) is 0 Å². The highest BCUT2D eigenvalue weighted by atomic mass is 79.9. The van der Waals surface area contributed by atoms with Crippen LogP contribution in [0.3, 0.4) is 0 Å². The molecular formula is C9H12BrNO2S. The Hall–Kier alpha value is 0.0300. The Morgan fingerprint density at radius 2 is 2.29 bits per heavy atom. The highest BCUT2D eigenvalue weighted by Crippen LogP contribution is 2.35. The highest BCUT2D eigenvalue weighted by Gasteiger charge is 2.26. The summed E-state index contributed by atoms with van der Waals surface area (Å²) in [5.74, 6) is 0.320. The van der Waals surface area contributed by atoms with Crippen LogP contribution in [0.1, 0.15) is 23.8 Å². The Kier molecular flexibility index (Phi) is 3.54. The van der Waals surface area contributed by atoms with Crippen molar-refractivity contribution in [1.29, 1.82) is 0 Å². The third kappa shape index (κ3) is 2.16. The maximum absolute atomic E-state index is 10.1. The molecule has 0 bridgehead atoms. The number of thiazole rings is 1. The molecule has 1 aliphatic rings. The van der Waals surface area contributed by atoms with E-state index >= 15 is 0 Å². The molecule has 1 aromatic rings. The topological polar surface area (TPSA) is 42.4 Å². The van der Waals surface area contributed by atoms with Crippen LogP contribution in [0.2, 0.25) is 0 Å². The number of rotatable bonds is 2. The van der Waals surface area contributed by atoms with Gasteiger partial charge in [-0.3, -0.25) is 0 Å². The Balaban J connectivity index is 2.07. The molecule has 14 heavy (non-hydrogen) atoms. The van der Waals surface area contributed by atoms with Crippen molar-refractivity contribution in [3.8, 4) is 0 Å². The van der Waals surface area contributed by atoms with E-state index in [2.05, 4.69) is 20.9 Å². The van der Waals surface area contributed by atoms with E-state index in [0.29, 0.717) is 5.92 Å². The van der Waals surface area contributed by atoms with E-state index in [9.17, 15) is 5.11 Å². The molecule has 1 aliphatic heterocycles. The third-order valence-electron chi connectivity index (χ3n) is 2.53. The summed E-state index contributed by atoms with van der Waals surface area (Å²) in [5, 5.41) is 10.1. The first-order valence-electron chi connectivity index (χ1n) is 4.63. The lowest BCUT2D eigenvalue weighted by Crippen LogP contribution is -2.21. The van der Waals surface area contributed by atoms with Gasteiger partial charge >= 0.3 is 0 Å². The molecule has 0 saturated carbocycles. The van der Waals surface area contributed by atoms with E-state index in [0.717, 1.165) is 35.5 Å². The van der Waals surface area contributed by atoms with Crippen molar-refractivity contribution < 1.29 is 9.84 Å². The monoisotopic (exact) mass is 277 g/mol. The molecule has 1 fully saturated rings. The molecule has 0 radical (unpaired) electrons. The zero-order valence-electron chi connectivity index (χ0n) is 7.65. The lowest BCUT2D eigenvalue weighted by Gasteiger charge is -2.25. The molecule has 1 saturated heterocycles. The minimum absolute atomic E-state index is 0.320. The second kappa shape index (κ2) is 4.70. The van der Waals surface area contributed by atoms with E-state index < -0.39 is 0 Å². The first-order valence-corrected chi connectivity index (χ1v) is 6.31. The molecule has 78 valence electrons. The van der Waals surface area contributed by atoms with Gasteiger partial charge in [-0.05, 0) is 34.7 Å². The van der Waals surface area contributed by atoms with Crippen LogP contribution in [0.4, 0.5) is 0 Å². The number of halogens is 1. The van der Waals surface area contributed by atoms with Gasteiger partial charge in [-0.25, -0.2) is 4.98 Å². The fraction of sp³-hybridized carbons (Fsp3) is 0.667. The second-order valence-electron chi connectivity index (χ2n) is 3.40. The minimum Gasteiger partial charge on any atom is -0.387 e. The summed E-state index contributed by atoms with van der Waals surface area (Å²) in [5.41, 5.74) is 1.75. The number of nitrogens with zero attached hydrogens (tertiary/aromatic N) is 1. The number of hydrogen-bond donors (Lipinski definition) is 1. The predicted octanol–water partition coefficient (Wildman–Crippen LogP) is 2.37. The van der Waals surface area contributed by atoms with Gasteiger partial charge in [0.2, 0.25) is 0 Å². The summed E-state index contributed by atoms with van der Waals surface area (Å²) in [6, 6.07) is 0. The molecule has 1 atom stereocenters. The molecule has 2 heterocycles. The maximum Gasteiger partial charge on any atom is 0.122 e. The Labute approximate surface area is 95.3 Å². The van der Waals surface area contributed by atoms with Crippen LogP contribution in [-0.4, -0.2) is 23.3 Å². The van der Waals surface area contributed by atoms with Crippen LogP contribution in [0.25, 0.3) is 0 Å². The van der Waals surface area contributed by atoms with Gasteiger partial charge in [0.1, 0.15) is 4.60 Å². The Morgan fingerprint density at radius 1 is 1.57 bits per heavy atom. The van der Waals surface area contributed by atoms with Crippen LogP contribution in [-0.2, 0) is 4.74 Å². The van der Waals surface area contributed by atoms with Crippen LogP contribution in [0.15, 0.2) is 10.1 Å². The molecule has 1 aromatic heterocycles. The molecule has 0 amide bonds. The number of hydrogen-bond acceptors (Lipinski definition) is 4. The van der Waals surface area contributed by atoms with Gasteiger partial charge in [0, 0.05) is 13.2 Å². The summed E-state index contributed by atoms with van der Waals surface area (Å²) in [6.45, 7) is 1.52. The van der Waals surface area contributed by atoms with E-state index in [1.807, 2.05) is 0 Å². The van der Waals surface area contributed by atoms with Crippen LogP contribution in [0, 0.1) is 5.92 Å². The molecule has 5 heteroatoms. The van der Waals surface area contributed by atoms with Crippen molar-refractivity contribution in [2.45, 2.75) is 18.9 Å². The average molecular weight is 278 g/mol. The summed E-state index contributed by atoms with van der Waals surface area (Å²) in [4.78, 5) is 5.02. The quantitative estimate of drug-likeness (QED) is 0.903. The van der Waals surface area contributed by atoms with Crippen LogP contribution >= 0.6 is 27.3 Å². The lowest BCUT2D eigenvalue weighted by molar-refractivity contribution is 0.00821. The van der Waals surface area contributed by atoms with Gasteiger partial charge in [-0.15, -0.1) is 11.3 Å². The average Bonchev–Trinajstić information content (AvgIpc) is 2.65. The van der Waals surface area contributed by atoms with Crippen molar-refractivity contribution in [1.82, 2.24) is 4.98 Å². The van der Waals surface area contributed by atoms with E-state index in [-0.39, 0.29) is 6.10 Å². The van der Waals surface area contributed by atoms with E-state index in [1.54, 1.807) is 5.51 Å². The molecule has 0 aliphatic carbocycles. The highest BCUT2D eigenvalue weighted by molar-refractivity contribution is 9.10.